The second kappa shape index (κ2) is 10.6. The first-order chi connectivity index (χ1) is 16.1. The molecule has 0 saturated heterocycles. The van der Waals surface area contributed by atoms with Crippen molar-refractivity contribution in [3.63, 3.8) is 0 Å². The molecule has 6 heteroatoms. The minimum atomic E-state index is -1.83. The van der Waals surface area contributed by atoms with Crippen LogP contribution >= 0.6 is 7.26 Å². The van der Waals surface area contributed by atoms with Gasteiger partial charge in [0.25, 0.3) is 0 Å². The average Bonchev–Trinajstić information content (AvgIpc) is 2.86. The molecule has 3 aromatic rings. The standard InChI is InChI=1S/C27H33N5P/c28-26(29)32-27(30)31-20-21-16-18-25(19-17-21)33(22-10-4-1-5-11-22,23-12-6-2-7-13-23)24-14-8-3-9-15-24/h1-15,21,25H,16-20H2,(H6,28,29,30,31,32)/q+1. The Morgan fingerprint density at radius 3 is 1.48 bits per heavy atom. The van der Waals surface area contributed by atoms with Gasteiger partial charge in [0.15, 0.2) is 5.96 Å². The topological polar surface area (TPSA) is 103 Å². The zero-order chi connectivity index (χ0) is 23.1. The third-order valence-corrected chi connectivity index (χ3v) is 11.6. The van der Waals surface area contributed by atoms with Crippen LogP contribution in [-0.4, -0.2) is 24.1 Å². The molecule has 0 amide bonds. The SMILES string of the molecule is NC(N)=NC(N)=NCC1CCC([P+](c2ccccc2)(c2ccccc2)c2ccccc2)CC1. The molecular weight excluding hydrogens is 425 g/mol. The molecule has 170 valence electrons. The Balaban J connectivity index is 1.69. The zero-order valence-corrected chi connectivity index (χ0v) is 19.8. The molecule has 0 bridgehead atoms. The number of aliphatic imine (C=N–C) groups is 2. The van der Waals surface area contributed by atoms with Gasteiger partial charge in [-0.25, -0.2) is 0 Å². The summed E-state index contributed by atoms with van der Waals surface area (Å²) in [6.07, 6.45) is 4.57. The van der Waals surface area contributed by atoms with Crippen LogP contribution in [0.3, 0.4) is 0 Å². The van der Waals surface area contributed by atoms with Crippen molar-refractivity contribution in [2.75, 3.05) is 6.54 Å². The van der Waals surface area contributed by atoms with Crippen LogP contribution in [0.1, 0.15) is 25.7 Å². The first-order valence-electron chi connectivity index (χ1n) is 11.6. The summed E-state index contributed by atoms with van der Waals surface area (Å²) in [5.41, 5.74) is 17.2. The predicted octanol–water partition coefficient (Wildman–Crippen LogP) is 3.13. The molecule has 1 saturated carbocycles. The molecule has 33 heavy (non-hydrogen) atoms. The summed E-state index contributed by atoms with van der Waals surface area (Å²) < 4.78 is 0. The van der Waals surface area contributed by atoms with Gasteiger partial charge in [0.2, 0.25) is 5.96 Å². The average molecular weight is 459 g/mol. The van der Waals surface area contributed by atoms with Gasteiger partial charge >= 0.3 is 0 Å². The van der Waals surface area contributed by atoms with Crippen LogP contribution in [0.4, 0.5) is 0 Å². The molecule has 0 atom stereocenters. The van der Waals surface area contributed by atoms with Crippen LogP contribution in [0.15, 0.2) is 101 Å². The van der Waals surface area contributed by atoms with Gasteiger partial charge in [-0.1, -0.05) is 54.6 Å². The van der Waals surface area contributed by atoms with Gasteiger partial charge in [-0.3, -0.25) is 4.99 Å². The summed E-state index contributed by atoms with van der Waals surface area (Å²) in [6.45, 7) is 0.669. The quantitative estimate of drug-likeness (QED) is 0.300. The summed E-state index contributed by atoms with van der Waals surface area (Å²) in [5.74, 6) is 0.609. The summed E-state index contributed by atoms with van der Waals surface area (Å²) in [5, 5.41) is 4.38. The number of nitrogens with two attached hydrogens (primary N) is 3. The molecule has 0 aromatic heterocycles. The van der Waals surface area contributed by atoms with Crippen molar-refractivity contribution >= 4 is 35.1 Å². The molecule has 6 N–H and O–H groups in total. The highest BCUT2D eigenvalue weighted by molar-refractivity contribution is 7.96. The molecule has 3 aromatic carbocycles. The van der Waals surface area contributed by atoms with Crippen molar-refractivity contribution in [3.8, 4) is 0 Å². The Bertz CT molecular complexity index is 975. The minimum absolute atomic E-state index is 0.0527. The number of benzene rings is 3. The van der Waals surface area contributed by atoms with Crippen molar-refractivity contribution in [1.29, 1.82) is 0 Å². The Morgan fingerprint density at radius 1 is 0.667 bits per heavy atom. The molecule has 5 nitrogen and oxygen atoms in total. The molecule has 0 radical (unpaired) electrons. The maximum atomic E-state index is 5.82. The van der Waals surface area contributed by atoms with E-state index in [2.05, 4.69) is 101 Å². The van der Waals surface area contributed by atoms with Gasteiger partial charge < -0.3 is 17.2 Å². The fourth-order valence-corrected chi connectivity index (χ4v) is 10.3. The van der Waals surface area contributed by atoms with Gasteiger partial charge in [0, 0.05) is 6.54 Å². The van der Waals surface area contributed by atoms with Crippen molar-refractivity contribution in [3.05, 3.63) is 91.0 Å². The van der Waals surface area contributed by atoms with E-state index in [1.165, 1.54) is 15.9 Å². The van der Waals surface area contributed by atoms with Crippen LogP contribution in [0.25, 0.3) is 0 Å². The third-order valence-electron chi connectivity index (χ3n) is 6.61. The number of hydrogen-bond acceptors (Lipinski definition) is 1. The Hall–Kier alpha value is -3.17. The fourth-order valence-electron chi connectivity index (χ4n) is 5.17. The Labute approximate surface area is 197 Å². The zero-order valence-electron chi connectivity index (χ0n) is 18.9. The first-order valence-corrected chi connectivity index (χ1v) is 13.4. The lowest BCUT2D eigenvalue weighted by molar-refractivity contribution is 0.371. The Morgan fingerprint density at radius 2 is 1.09 bits per heavy atom. The lowest BCUT2D eigenvalue weighted by Crippen LogP contribution is -2.40. The Kier molecular flexibility index (Phi) is 7.41. The van der Waals surface area contributed by atoms with Crippen molar-refractivity contribution in [2.45, 2.75) is 31.3 Å². The van der Waals surface area contributed by atoms with E-state index < -0.39 is 7.26 Å². The predicted molar refractivity (Wildman–Crippen MR) is 143 cm³/mol. The van der Waals surface area contributed by atoms with E-state index >= 15 is 0 Å². The number of guanidine groups is 2. The number of rotatable bonds is 6. The van der Waals surface area contributed by atoms with E-state index in [4.69, 9.17) is 17.2 Å². The van der Waals surface area contributed by atoms with Crippen LogP contribution in [0.2, 0.25) is 0 Å². The maximum Gasteiger partial charge on any atom is 0.218 e. The highest BCUT2D eigenvalue weighted by Crippen LogP contribution is 2.63. The van der Waals surface area contributed by atoms with Crippen molar-refractivity contribution < 1.29 is 0 Å². The second-order valence-electron chi connectivity index (χ2n) is 8.64. The monoisotopic (exact) mass is 458 g/mol. The van der Waals surface area contributed by atoms with E-state index in [0.717, 1.165) is 25.7 Å². The molecule has 1 fully saturated rings. The normalized spacial score (nSPS) is 19.1. The summed E-state index contributed by atoms with van der Waals surface area (Å²) >= 11 is 0. The molecule has 0 unspecified atom stereocenters. The van der Waals surface area contributed by atoms with E-state index in [1.807, 2.05) is 0 Å². The van der Waals surface area contributed by atoms with Gasteiger partial charge in [0.1, 0.15) is 23.2 Å². The van der Waals surface area contributed by atoms with Crippen LogP contribution < -0.4 is 33.1 Å². The largest absolute Gasteiger partial charge is 0.370 e. The maximum absolute atomic E-state index is 5.82. The molecular formula is C27H33N5P+. The molecule has 1 aliphatic carbocycles. The van der Waals surface area contributed by atoms with E-state index in [9.17, 15) is 0 Å². The molecule has 0 spiro atoms. The second-order valence-corrected chi connectivity index (χ2v) is 12.4. The number of hydrogen-bond donors (Lipinski definition) is 3. The molecule has 0 aliphatic heterocycles. The third kappa shape index (κ3) is 5.09. The molecule has 4 rings (SSSR count). The lowest BCUT2D eigenvalue weighted by Gasteiger charge is -2.38. The summed E-state index contributed by atoms with van der Waals surface area (Å²) in [6, 6.07) is 33.4. The fraction of sp³-hybridized carbons (Fsp3) is 0.259. The van der Waals surface area contributed by atoms with Crippen molar-refractivity contribution in [2.24, 2.45) is 33.1 Å². The lowest BCUT2D eigenvalue weighted by atomic mass is 9.89. The highest BCUT2D eigenvalue weighted by Gasteiger charge is 2.52. The minimum Gasteiger partial charge on any atom is -0.370 e. The van der Waals surface area contributed by atoms with Gasteiger partial charge in [-0.05, 0) is 68.0 Å². The summed E-state index contributed by atoms with van der Waals surface area (Å²) in [4.78, 5) is 8.25. The molecule has 1 aliphatic rings. The van der Waals surface area contributed by atoms with Crippen molar-refractivity contribution in [1.82, 2.24) is 0 Å². The van der Waals surface area contributed by atoms with E-state index in [0.29, 0.717) is 18.1 Å². The van der Waals surface area contributed by atoms with Gasteiger partial charge in [-0.15, -0.1) is 0 Å². The van der Waals surface area contributed by atoms with Crippen LogP contribution in [-0.2, 0) is 0 Å². The highest BCUT2D eigenvalue weighted by atomic mass is 31.2. The number of nitrogens with zero attached hydrogens (tertiary/aromatic N) is 2. The van der Waals surface area contributed by atoms with E-state index in [-0.39, 0.29) is 11.9 Å². The smallest absolute Gasteiger partial charge is 0.218 e. The van der Waals surface area contributed by atoms with E-state index in [1.54, 1.807) is 0 Å². The molecule has 0 heterocycles. The first kappa shape index (κ1) is 23.0. The van der Waals surface area contributed by atoms with Gasteiger partial charge in [-0.2, -0.15) is 4.99 Å². The van der Waals surface area contributed by atoms with Crippen LogP contribution in [0.5, 0.6) is 0 Å². The van der Waals surface area contributed by atoms with Gasteiger partial charge in [0.05, 0.1) is 5.66 Å². The summed E-state index contributed by atoms with van der Waals surface area (Å²) in [7, 11) is -1.83. The van der Waals surface area contributed by atoms with Crippen LogP contribution in [0, 0.1) is 5.92 Å².